The molecular formula is C12H20N2O2S. The van der Waals surface area contributed by atoms with Crippen LogP contribution < -0.4 is 0 Å². The van der Waals surface area contributed by atoms with Gasteiger partial charge in [0.25, 0.3) is 0 Å². The molecule has 0 aliphatic heterocycles. The van der Waals surface area contributed by atoms with Crippen molar-refractivity contribution in [1.29, 1.82) is 0 Å². The summed E-state index contributed by atoms with van der Waals surface area (Å²) in [4.78, 5) is 19.1. The van der Waals surface area contributed by atoms with E-state index in [0.717, 1.165) is 17.2 Å². The van der Waals surface area contributed by atoms with Crippen molar-refractivity contribution in [3.63, 3.8) is 0 Å². The van der Waals surface area contributed by atoms with Crippen LogP contribution in [0.1, 0.15) is 29.4 Å². The van der Waals surface area contributed by atoms with Gasteiger partial charge in [0.15, 0.2) is 0 Å². The molecule has 0 atom stereocenters. The Morgan fingerprint density at radius 3 is 2.59 bits per heavy atom. The summed E-state index contributed by atoms with van der Waals surface area (Å²) < 4.78 is 4.94. The molecule has 0 aliphatic carbocycles. The number of nitrogens with zero attached hydrogens (tertiary/aromatic N) is 2. The van der Waals surface area contributed by atoms with E-state index in [4.69, 9.17) is 4.74 Å². The van der Waals surface area contributed by atoms with Crippen LogP contribution in [0.25, 0.3) is 0 Å². The maximum atomic E-state index is 11.4. The fourth-order valence-corrected chi connectivity index (χ4v) is 2.44. The summed E-state index contributed by atoms with van der Waals surface area (Å²) >= 11 is 1.69. The molecule has 0 unspecified atom stereocenters. The Morgan fingerprint density at radius 2 is 2.12 bits per heavy atom. The SMILES string of the molecule is CCOC(=O)CN(CC)Cc1nc(C)c(C)s1. The topological polar surface area (TPSA) is 42.4 Å². The predicted molar refractivity (Wildman–Crippen MR) is 69.2 cm³/mol. The second-order valence-corrected chi connectivity index (χ2v) is 5.15. The minimum atomic E-state index is -0.167. The van der Waals surface area contributed by atoms with Crippen LogP contribution in [0, 0.1) is 13.8 Å². The van der Waals surface area contributed by atoms with Crippen LogP contribution in [0.4, 0.5) is 0 Å². The van der Waals surface area contributed by atoms with E-state index < -0.39 is 0 Å². The van der Waals surface area contributed by atoms with Crippen LogP contribution >= 0.6 is 11.3 Å². The monoisotopic (exact) mass is 256 g/mol. The lowest BCUT2D eigenvalue weighted by molar-refractivity contribution is -0.144. The summed E-state index contributed by atoms with van der Waals surface area (Å²) in [6.07, 6.45) is 0. The first-order valence-electron chi connectivity index (χ1n) is 5.87. The molecule has 1 aromatic rings. The largest absolute Gasteiger partial charge is 0.465 e. The summed E-state index contributed by atoms with van der Waals surface area (Å²) in [7, 11) is 0. The average molecular weight is 256 g/mol. The second-order valence-electron chi connectivity index (χ2n) is 3.86. The van der Waals surface area contributed by atoms with Crippen molar-refractivity contribution >= 4 is 17.3 Å². The zero-order valence-corrected chi connectivity index (χ0v) is 11.8. The number of carbonyl (C=O) groups excluding carboxylic acids is 1. The van der Waals surface area contributed by atoms with Gasteiger partial charge in [-0.1, -0.05) is 6.92 Å². The number of likely N-dealkylation sites (N-methyl/N-ethyl adjacent to an activating group) is 1. The van der Waals surface area contributed by atoms with Gasteiger partial charge in [-0.3, -0.25) is 9.69 Å². The van der Waals surface area contributed by atoms with Crippen LogP contribution in [0.5, 0.6) is 0 Å². The van der Waals surface area contributed by atoms with Crippen molar-refractivity contribution in [2.75, 3.05) is 19.7 Å². The molecule has 0 saturated carbocycles. The Morgan fingerprint density at radius 1 is 1.41 bits per heavy atom. The number of rotatable bonds is 6. The van der Waals surface area contributed by atoms with Crippen LogP contribution in [-0.2, 0) is 16.1 Å². The lowest BCUT2D eigenvalue weighted by atomic mass is 10.4. The van der Waals surface area contributed by atoms with Gasteiger partial charge in [0.05, 0.1) is 25.4 Å². The number of thiazole rings is 1. The van der Waals surface area contributed by atoms with E-state index in [1.54, 1.807) is 11.3 Å². The van der Waals surface area contributed by atoms with E-state index >= 15 is 0 Å². The highest BCUT2D eigenvalue weighted by Gasteiger charge is 2.12. The van der Waals surface area contributed by atoms with Crippen molar-refractivity contribution < 1.29 is 9.53 Å². The van der Waals surface area contributed by atoms with E-state index in [-0.39, 0.29) is 5.97 Å². The Labute approximate surface area is 107 Å². The minimum absolute atomic E-state index is 0.167. The number of esters is 1. The smallest absolute Gasteiger partial charge is 0.320 e. The molecule has 0 spiro atoms. The molecule has 0 N–H and O–H groups in total. The van der Waals surface area contributed by atoms with Gasteiger partial charge in [0.1, 0.15) is 5.01 Å². The van der Waals surface area contributed by atoms with Crippen molar-refractivity contribution in [3.8, 4) is 0 Å². The average Bonchev–Trinajstić information content (AvgIpc) is 2.57. The summed E-state index contributed by atoms with van der Waals surface area (Å²) in [6, 6.07) is 0. The molecule has 17 heavy (non-hydrogen) atoms. The van der Waals surface area contributed by atoms with Gasteiger partial charge in [-0.05, 0) is 27.3 Å². The lowest BCUT2D eigenvalue weighted by Gasteiger charge is -2.17. The molecule has 5 heteroatoms. The van der Waals surface area contributed by atoms with E-state index in [1.807, 2.05) is 25.7 Å². The molecule has 1 aromatic heterocycles. The van der Waals surface area contributed by atoms with Crippen molar-refractivity contribution in [2.24, 2.45) is 0 Å². The quantitative estimate of drug-likeness (QED) is 0.731. The zero-order valence-electron chi connectivity index (χ0n) is 10.9. The molecule has 0 aromatic carbocycles. The summed E-state index contributed by atoms with van der Waals surface area (Å²) in [5, 5.41) is 1.06. The third-order valence-corrected chi connectivity index (χ3v) is 3.59. The number of ether oxygens (including phenoxy) is 1. The van der Waals surface area contributed by atoms with Gasteiger partial charge in [-0.25, -0.2) is 4.98 Å². The Hall–Kier alpha value is -0.940. The summed E-state index contributed by atoms with van der Waals surface area (Å²) in [5.41, 5.74) is 1.08. The molecular weight excluding hydrogens is 236 g/mol. The van der Waals surface area contributed by atoms with E-state index in [0.29, 0.717) is 19.7 Å². The predicted octanol–water partition coefficient (Wildman–Crippen LogP) is 2.14. The van der Waals surface area contributed by atoms with Crippen LogP contribution in [0.3, 0.4) is 0 Å². The molecule has 4 nitrogen and oxygen atoms in total. The van der Waals surface area contributed by atoms with Gasteiger partial charge in [-0.15, -0.1) is 11.3 Å². The van der Waals surface area contributed by atoms with Gasteiger partial charge < -0.3 is 4.74 Å². The van der Waals surface area contributed by atoms with Crippen molar-refractivity contribution in [3.05, 3.63) is 15.6 Å². The third kappa shape index (κ3) is 4.44. The second kappa shape index (κ2) is 6.71. The number of hydrogen-bond donors (Lipinski definition) is 0. The molecule has 1 rings (SSSR count). The molecule has 96 valence electrons. The fraction of sp³-hybridized carbons (Fsp3) is 0.667. The molecule has 0 radical (unpaired) electrons. The number of carbonyl (C=O) groups is 1. The molecule has 0 saturated heterocycles. The van der Waals surface area contributed by atoms with Gasteiger partial charge >= 0.3 is 5.97 Å². The summed E-state index contributed by atoms with van der Waals surface area (Å²) in [6.45, 7) is 10.2. The van der Waals surface area contributed by atoms with E-state index in [9.17, 15) is 4.79 Å². The standard InChI is InChI=1S/C12H20N2O2S/c1-5-14(8-12(15)16-6-2)7-11-13-9(3)10(4)17-11/h5-8H2,1-4H3. The highest BCUT2D eigenvalue weighted by atomic mass is 32.1. The third-order valence-electron chi connectivity index (χ3n) is 2.54. The van der Waals surface area contributed by atoms with E-state index in [2.05, 4.69) is 11.9 Å². The van der Waals surface area contributed by atoms with E-state index in [1.165, 1.54) is 4.88 Å². The highest BCUT2D eigenvalue weighted by Crippen LogP contribution is 2.17. The highest BCUT2D eigenvalue weighted by molar-refractivity contribution is 7.11. The van der Waals surface area contributed by atoms with Crippen molar-refractivity contribution in [1.82, 2.24) is 9.88 Å². The maximum Gasteiger partial charge on any atom is 0.320 e. The first kappa shape index (κ1) is 14.1. The Kier molecular flexibility index (Phi) is 5.58. The molecule has 0 fully saturated rings. The first-order valence-corrected chi connectivity index (χ1v) is 6.69. The summed E-state index contributed by atoms with van der Waals surface area (Å²) in [5.74, 6) is -0.167. The number of aryl methyl sites for hydroxylation is 2. The maximum absolute atomic E-state index is 11.4. The van der Waals surface area contributed by atoms with Crippen LogP contribution in [-0.4, -0.2) is 35.5 Å². The fourth-order valence-electron chi connectivity index (χ4n) is 1.47. The normalized spacial score (nSPS) is 10.9. The van der Waals surface area contributed by atoms with Gasteiger partial charge in [-0.2, -0.15) is 0 Å². The lowest BCUT2D eigenvalue weighted by Crippen LogP contribution is -2.30. The molecule has 0 aliphatic rings. The number of hydrogen-bond acceptors (Lipinski definition) is 5. The van der Waals surface area contributed by atoms with Crippen molar-refractivity contribution in [2.45, 2.75) is 34.2 Å². The Bertz CT molecular complexity index is 357. The minimum Gasteiger partial charge on any atom is -0.465 e. The number of aromatic nitrogens is 1. The van der Waals surface area contributed by atoms with Gasteiger partial charge in [0, 0.05) is 4.88 Å². The Balaban J connectivity index is 2.54. The first-order chi connectivity index (χ1) is 8.06. The van der Waals surface area contributed by atoms with Crippen LogP contribution in [0.15, 0.2) is 0 Å². The van der Waals surface area contributed by atoms with Crippen LogP contribution in [0.2, 0.25) is 0 Å². The molecule has 0 bridgehead atoms. The van der Waals surface area contributed by atoms with Gasteiger partial charge in [0.2, 0.25) is 0 Å². The molecule has 0 amide bonds. The zero-order chi connectivity index (χ0) is 12.8. The molecule has 1 heterocycles.